The minimum atomic E-state index is -0.469. The summed E-state index contributed by atoms with van der Waals surface area (Å²) in [5.41, 5.74) is 0.671. The topological polar surface area (TPSA) is 80.0 Å². The van der Waals surface area contributed by atoms with Crippen LogP contribution in [0.5, 0.6) is 0 Å². The number of rotatable bonds is 3. The van der Waals surface area contributed by atoms with E-state index in [4.69, 9.17) is 4.52 Å². The summed E-state index contributed by atoms with van der Waals surface area (Å²) in [6.07, 6.45) is 4.36. The lowest BCUT2D eigenvalue weighted by molar-refractivity contribution is -0.114. The van der Waals surface area contributed by atoms with Crippen molar-refractivity contribution in [2.24, 2.45) is 0 Å². The van der Waals surface area contributed by atoms with Gasteiger partial charge in [-0.15, -0.1) is 0 Å². The smallest absolute Gasteiger partial charge is 0.261 e. The van der Waals surface area contributed by atoms with Crippen LogP contribution in [0.25, 0.3) is 11.5 Å². The summed E-state index contributed by atoms with van der Waals surface area (Å²) < 4.78 is 19.3. The molecule has 0 unspecified atom stereocenters. The van der Waals surface area contributed by atoms with E-state index in [1.54, 1.807) is 0 Å². The van der Waals surface area contributed by atoms with Crippen LogP contribution in [0.3, 0.4) is 0 Å². The van der Waals surface area contributed by atoms with Crippen LogP contribution in [0.1, 0.15) is 44.5 Å². The van der Waals surface area contributed by atoms with E-state index >= 15 is 0 Å². The third kappa shape index (κ3) is 3.73. The van der Waals surface area contributed by atoms with Crippen LogP contribution in [0, 0.1) is 5.82 Å². The van der Waals surface area contributed by atoms with Crippen LogP contribution < -0.4 is 10.6 Å². The van der Waals surface area contributed by atoms with Gasteiger partial charge in [-0.05, 0) is 37.6 Å². The summed E-state index contributed by atoms with van der Waals surface area (Å²) >= 11 is 0. The molecule has 1 aliphatic rings. The predicted octanol–water partition coefficient (Wildman–Crippen LogP) is 3.04. The van der Waals surface area contributed by atoms with Crippen molar-refractivity contribution >= 4 is 11.6 Å². The van der Waals surface area contributed by atoms with Gasteiger partial charge in [0.1, 0.15) is 5.82 Å². The van der Waals surface area contributed by atoms with E-state index in [0.29, 0.717) is 11.5 Å². The Morgan fingerprint density at radius 3 is 3.09 bits per heavy atom. The van der Waals surface area contributed by atoms with Crippen LogP contribution in [0.2, 0.25) is 0 Å². The van der Waals surface area contributed by atoms with Gasteiger partial charge >= 0.3 is 0 Å². The van der Waals surface area contributed by atoms with Gasteiger partial charge in [0.05, 0.1) is 11.6 Å². The lowest BCUT2D eigenvalue weighted by Crippen LogP contribution is -2.21. The second-order valence-corrected chi connectivity index (χ2v) is 5.69. The molecule has 1 fully saturated rings. The fourth-order valence-electron chi connectivity index (χ4n) is 2.70. The standard InChI is InChI=1S/C16H19FN4O2/c1-10(22)19-11-6-7-13(17)12(9-11)16-20-15(21-23-16)14-5-3-2-4-8-18-14/h6-7,9,14,18H,2-5,8H2,1H3,(H,19,22)/t14-/m1/s1. The molecule has 1 amide bonds. The van der Waals surface area contributed by atoms with E-state index in [-0.39, 0.29) is 23.4 Å². The molecule has 122 valence electrons. The third-order valence-electron chi connectivity index (χ3n) is 3.83. The molecule has 1 aliphatic heterocycles. The highest BCUT2D eigenvalue weighted by atomic mass is 19.1. The number of anilines is 1. The van der Waals surface area contributed by atoms with Gasteiger partial charge in [0.2, 0.25) is 5.91 Å². The average molecular weight is 318 g/mol. The Balaban J connectivity index is 1.85. The van der Waals surface area contributed by atoms with Crippen LogP contribution in [-0.4, -0.2) is 22.6 Å². The molecule has 7 heteroatoms. The summed E-state index contributed by atoms with van der Waals surface area (Å²) in [6, 6.07) is 4.30. The number of hydrogen-bond acceptors (Lipinski definition) is 5. The summed E-state index contributed by atoms with van der Waals surface area (Å²) in [6.45, 7) is 2.31. The molecule has 2 aromatic rings. The SMILES string of the molecule is CC(=O)Nc1ccc(F)c(-c2nc([C@H]3CCCCCN3)no2)c1. The highest BCUT2D eigenvalue weighted by Gasteiger charge is 2.21. The van der Waals surface area contributed by atoms with Crippen molar-refractivity contribution < 1.29 is 13.7 Å². The number of carbonyl (C=O) groups is 1. The molecule has 2 heterocycles. The number of nitrogens with zero attached hydrogens (tertiary/aromatic N) is 2. The molecule has 2 N–H and O–H groups in total. The summed E-state index contributed by atoms with van der Waals surface area (Å²) in [5.74, 6) is -0.0264. The summed E-state index contributed by atoms with van der Waals surface area (Å²) in [7, 11) is 0. The number of aromatic nitrogens is 2. The molecular weight excluding hydrogens is 299 g/mol. The molecule has 3 rings (SSSR count). The molecule has 1 saturated heterocycles. The number of amides is 1. The maximum atomic E-state index is 14.1. The van der Waals surface area contributed by atoms with Gasteiger partial charge in [0, 0.05) is 12.6 Å². The molecule has 0 radical (unpaired) electrons. The maximum absolute atomic E-state index is 14.1. The van der Waals surface area contributed by atoms with Gasteiger partial charge < -0.3 is 15.2 Å². The zero-order chi connectivity index (χ0) is 16.2. The largest absolute Gasteiger partial charge is 0.334 e. The minimum absolute atomic E-state index is 0.0385. The first-order valence-electron chi connectivity index (χ1n) is 7.78. The normalized spacial score (nSPS) is 18.4. The molecule has 0 spiro atoms. The molecule has 23 heavy (non-hydrogen) atoms. The molecule has 6 nitrogen and oxygen atoms in total. The Bertz CT molecular complexity index is 693. The van der Waals surface area contributed by atoms with Crippen LogP contribution in [0.15, 0.2) is 22.7 Å². The van der Waals surface area contributed by atoms with Gasteiger partial charge in [-0.25, -0.2) is 4.39 Å². The van der Waals surface area contributed by atoms with Crippen molar-refractivity contribution in [1.29, 1.82) is 0 Å². The number of carbonyl (C=O) groups excluding carboxylic acids is 1. The lowest BCUT2D eigenvalue weighted by atomic mass is 10.1. The van der Waals surface area contributed by atoms with Gasteiger partial charge in [-0.2, -0.15) is 4.98 Å². The highest BCUT2D eigenvalue weighted by Crippen LogP contribution is 2.27. The lowest BCUT2D eigenvalue weighted by Gasteiger charge is -2.10. The fraction of sp³-hybridized carbons (Fsp3) is 0.438. The predicted molar refractivity (Wildman–Crippen MR) is 83.2 cm³/mol. The maximum Gasteiger partial charge on any atom is 0.261 e. The number of hydrogen-bond donors (Lipinski definition) is 2. The number of benzene rings is 1. The van der Waals surface area contributed by atoms with Gasteiger partial charge in [0.25, 0.3) is 5.89 Å². The fourth-order valence-corrected chi connectivity index (χ4v) is 2.70. The van der Waals surface area contributed by atoms with E-state index in [1.165, 1.54) is 31.5 Å². The monoisotopic (exact) mass is 318 g/mol. The highest BCUT2D eigenvalue weighted by molar-refractivity contribution is 5.89. The first-order chi connectivity index (χ1) is 11.1. The number of nitrogens with one attached hydrogen (secondary N) is 2. The second kappa shape index (κ2) is 6.87. The average Bonchev–Trinajstić information content (AvgIpc) is 2.84. The summed E-state index contributed by atoms with van der Waals surface area (Å²) in [5, 5.41) is 9.98. The van der Waals surface area contributed by atoms with E-state index in [2.05, 4.69) is 20.8 Å². The van der Waals surface area contributed by atoms with Crippen LogP contribution >= 0.6 is 0 Å². The van der Waals surface area contributed by atoms with Gasteiger partial charge in [-0.1, -0.05) is 18.0 Å². The molecule has 0 aliphatic carbocycles. The molecular formula is C16H19FN4O2. The first-order valence-corrected chi connectivity index (χ1v) is 7.78. The summed E-state index contributed by atoms with van der Waals surface area (Å²) in [4.78, 5) is 15.5. The van der Waals surface area contributed by atoms with Crippen molar-refractivity contribution in [3.05, 3.63) is 29.8 Å². The van der Waals surface area contributed by atoms with Crippen molar-refractivity contribution in [2.75, 3.05) is 11.9 Å². The third-order valence-corrected chi connectivity index (χ3v) is 3.83. The Hall–Kier alpha value is -2.28. The zero-order valence-electron chi connectivity index (χ0n) is 12.9. The van der Waals surface area contributed by atoms with Gasteiger partial charge in [0.15, 0.2) is 5.82 Å². The molecule has 1 aromatic heterocycles. The van der Waals surface area contributed by atoms with Crippen LogP contribution in [-0.2, 0) is 4.79 Å². The van der Waals surface area contributed by atoms with Gasteiger partial charge in [-0.3, -0.25) is 4.79 Å². The zero-order valence-corrected chi connectivity index (χ0v) is 12.9. The molecule has 0 bridgehead atoms. The Morgan fingerprint density at radius 2 is 2.26 bits per heavy atom. The van der Waals surface area contributed by atoms with Crippen molar-refractivity contribution in [3.63, 3.8) is 0 Å². The Morgan fingerprint density at radius 1 is 1.39 bits per heavy atom. The molecule has 0 saturated carbocycles. The first kappa shape index (κ1) is 15.6. The van der Waals surface area contributed by atoms with Crippen molar-refractivity contribution in [2.45, 2.75) is 38.6 Å². The van der Waals surface area contributed by atoms with Crippen molar-refractivity contribution in [3.8, 4) is 11.5 Å². The second-order valence-electron chi connectivity index (χ2n) is 5.69. The minimum Gasteiger partial charge on any atom is -0.334 e. The Labute approximate surface area is 133 Å². The number of halogens is 1. The van der Waals surface area contributed by atoms with E-state index in [1.807, 2.05) is 0 Å². The van der Waals surface area contributed by atoms with Crippen molar-refractivity contribution in [1.82, 2.24) is 15.5 Å². The quantitative estimate of drug-likeness (QED) is 0.909. The van der Waals surface area contributed by atoms with Crippen LogP contribution in [0.4, 0.5) is 10.1 Å². The Kier molecular flexibility index (Phi) is 4.66. The molecule has 1 atom stereocenters. The molecule has 1 aromatic carbocycles. The van der Waals surface area contributed by atoms with E-state index in [9.17, 15) is 9.18 Å². The van der Waals surface area contributed by atoms with E-state index in [0.717, 1.165) is 25.8 Å². The van der Waals surface area contributed by atoms with E-state index < -0.39 is 5.82 Å².